The maximum absolute atomic E-state index is 9.62. The highest BCUT2D eigenvalue weighted by Gasteiger charge is 2.32. The molecule has 0 amide bonds. The third kappa shape index (κ3) is 4.24. The predicted octanol–water partition coefficient (Wildman–Crippen LogP) is 2.52. The second-order valence-electron chi connectivity index (χ2n) is 4.67. The van der Waals surface area contributed by atoms with E-state index in [1.165, 1.54) is 0 Å². The second kappa shape index (κ2) is 7.54. The van der Waals surface area contributed by atoms with Gasteiger partial charge in [-0.25, -0.2) is 0 Å². The molecule has 0 aliphatic rings. The van der Waals surface area contributed by atoms with Gasteiger partial charge in [0.05, 0.1) is 12.2 Å². The van der Waals surface area contributed by atoms with Gasteiger partial charge < -0.3 is 5.11 Å². The number of nitrogens with one attached hydrogen (secondary N) is 1. The lowest BCUT2D eigenvalue weighted by atomic mass is 9.93. The number of benzene rings is 1. The highest BCUT2D eigenvalue weighted by molar-refractivity contribution is 8.00. The Hall–Kier alpha value is -1.02. The van der Waals surface area contributed by atoms with E-state index in [0.29, 0.717) is 5.75 Å². The number of aliphatic hydroxyl groups excluding tert-OH is 1. The Morgan fingerprint density at radius 1 is 1.37 bits per heavy atom. The van der Waals surface area contributed by atoms with Gasteiger partial charge in [-0.1, -0.05) is 44.2 Å². The molecule has 0 saturated heterocycles. The van der Waals surface area contributed by atoms with Crippen molar-refractivity contribution >= 4 is 11.8 Å². The number of aliphatic hydroxyl groups is 1. The Morgan fingerprint density at radius 3 is 2.47 bits per heavy atom. The highest BCUT2D eigenvalue weighted by atomic mass is 32.2. The Labute approximate surface area is 120 Å². The van der Waals surface area contributed by atoms with Crippen LogP contribution in [-0.2, 0) is 5.54 Å². The summed E-state index contributed by atoms with van der Waals surface area (Å²) in [4.78, 5) is 0. The molecule has 1 rings (SSSR count). The molecule has 3 atom stereocenters. The molecule has 3 unspecified atom stereocenters. The molecule has 0 aliphatic heterocycles. The summed E-state index contributed by atoms with van der Waals surface area (Å²) >= 11 is 1.62. The minimum absolute atomic E-state index is 0.107. The number of hydrogen-bond donors (Lipinski definition) is 2. The van der Waals surface area contributed by atoms with Crippen LogP contribution in [0.25, 0.3) is 0 Å². The van der Waals surface area contributed by atoms with E-state index in [2.05, 4.69) is 11.4 Å². The van der Waals surface area contributed by atoms with Crippen LogP contribution in [0.5, 0.6) is 0 Å². The molecule has 1 aromatic rings. The van der Waals surface area contributed by atoms with Gasteiger partial charge in [0.25, 0.3) is 0 Å². The van der Waals surface area contributed by atoms with Crippen molar-refractivity contribution in [1.29, 1.82) is 5.26 Å². The first-order valence-electron chi connectivity index (χ1n) is 6.57. The Bertz CT molecular complexity index is 416. The maximum atomic E-state index is 9.62. The van der Waals surface area contributed by atoms with Crippen molar-refractivity contribution in [2.24, 2.45) is 0 Å². The SMILES string of the molecule is CCNC(C#N)(CSC(C)C(C)O)c1ccccc1. The topological polar surface area (TPSA) is 56.0 Å². The molecule has 0 fully saturated rings. The quantitative estimate of drug-likeness (QED) is 0.804. The summed E-state index contributed by atoms with van der Waals surface area (Å²) in [5, 5.41) is 22.6. The van der Waals surface area contributed by atoms with Crippen LogP contribution in [0.1, 0.15) is 26.3 Å². The molecule has 3 nitrogen and oxygen atoms in total. The predicted molar refractivity (Wildman–Crippen MR) is 81.0 cm³/mol. The van der Waals surface area contributed by atoms with Crippen LogP contribution in [-0.4, -0.2) is 28.8 Å². The number of nitriles is 1. The van der Waals surface area contributed by atoms with E-state index in [-0.39, 0.29) is 11.4 Å². The molecule has 0 bridgehead atoms. The largest absolute Gasteiger partial charge is 0.392 e. The van der Waals surface area contributed by atoms with Gasteiger partial charge in [-0.05, 0) is 19.0 Å². The van der Waals surface area contributed by atoms with Crippen LogP contribution < -0.4 is 5.32 Å². The van der Waals surface area contributed by atoms with Gasteiger partial charge in [0.1, 0.15) is 5.54 Å². The van der Waals surface area contributed by atoms with Crippen molar-refractivity contribution in [3.8, 4) is 6.07 Å². The summed E-state index contributed by atoms with van der Waals surface area (Å²) in [5.41, 5.74) is 0.286. The Kier molecular flexibility index (Phi) is 6.36. The molecule has 0 radical (unpaired) electrons. The molecular formula is C15H22N2OS. The number of hydrogen-bond acceptors (Lipinski definition) is 4. The fourth-order valence-electron chi connectivity index (χ4n) is 1.79. The molecule has 0 saturated carbocycles. The van der Waals surface area contributed by atoms with E-state index in [0.717, 1.165) is 12.1 Å². The van der Waals surface area contributed by atoms with Crippen LogP contribution in [0.4, 0.5) is 0 Å². The van der Waals surface area contributed by atoms with Crippen LogP contribution in [0.3, 0.4) is 0 Å². The molecular weight excluding hydrogens is 256 g/mol. The summed E-state index contributed by atoms with van der Waals surface area (Å²) in [6.07, 6.45) is -0.376. The summed E-state index contributed by atoms with van der Waals surface area (Å²) in [7, 11) is 0. The highest BCUT2D eigenvalue weighted by Crippen LogP contribution is 2.28. The first-order valence-corrected chi connectivity index (χ1v) is 7.62. The number of thioether (sulfide) groups is 1. The van der Waals surface area contributed by atoms with Crippen molar-refractivity contribution in [1.82, 2.24) is 5.32 Å². The Morgan fingerprint density at radius 2 is 2.00 bits per heavy atom. The zero-order valence-corrected chi connectivity index (χ0v) is 12.6. The summed E-state index contributed by atoms with van der Waals surface area (Å²) in [5.74, 6) is 0.618. The van der Waals surface area contributed by atoms with Crippen molar-refractivity contribution in [3.05, 3.63) is 35.9 Å². The van der Waals surface area contributed by atoms with Gasteiger partial charge in [0.15, 0.2) is 0 Å². The van der Waals surface area contributed by atoms with E-state index >= 15 is 0 Å². The van der Waals surface area contributed by atoms with E-state index in [1.807, 2.05) is 44.2 Å². The van der Waals surface area contributed by atoms with E-state index < -0.39 is 5.54 Å². The number of rotatable bonds is 7. The standard InChI is InChI=1S/C15H22N2OS/c1-4-17-15(10-16,11-19-13(3)12(2)18)14-8-6-5-7-9-14/h5-9,12-13,17-18H,4,11H2,1-3H3. The zero-order chi connectivity index (χ0) is 14.3. The average molecular weight is 278 g/mol. The average Bonchev–Trinajstić information content (AvgIpc) is 2.44. The molecule has 2 N–H and O–H groups in total. The maximum Gasteiger partial charge on any atom is 0.141 e. The molecule has 1 aromatic carbocycles. The van der Waals surface area contributed by atoms with Crippen molar-refractivity contribution in [2.75, 3.05) is 12.3 Å². The van der Waals surface area contributed by atoms with Gasteiger partial charge >= 0.3 is 0 Å². The molecule has 0 heterocycles. The van der Waals surface area contributed by atoms with Crippen molar-refractivity contribution in [3.63, 3.8) is 0 Å². The third-order valence-corrected chi connectivity index (χ3v) is 4.70. The fraction of sp³-hybridized carbons (Fsp3) is 0.533. The van der Waals surface area contributed by atoms with Crippen LogP contribution >= 0.6 is 11.8 Å². The summed E-state index contributed by atoms with van der Waals surface area (Å²) < 4.78 is 0. The summed E-state index contributed by atoms with van der Waals surface area (Å²) in [6, 6.07) is 12.2. The monoisotopic (exact) mass is 278 g/mol. The molecule has 19 heavy (non-hydrogen) atoms. The third-order valence-electron chi connectivity index (χ3n) is 3.18. The smallest absolute Gasteiger partial charge is 0.141 e. The van der Waals surface area contributed by atoms with E-state index in [1.54, 1.807) is 18.7 Å². The molecule has 0 aliphatic carbocycles. The van der Waals surface area contributed by atoms with Gasteiger partial charge in [0.2, 0.25) is 0 Å². The Balaban J connectivity index is 2.91. The molecule has 4 heteroatoms. The van der Waals surface area contributed by atoms with E-state index in [9.17, 15) is 10.4 Å². The second-order valence-corrected chi connectivity index (χ2v) is 6.04. The molecule has 0 spiro atoms. The normalized spacial score (nSPS) is 17.2. The van der Waals surface area contributed by atoms with Gasteiger partial charge in [-0.2, -0.15) is 17.0 Å². The fourth-order valence-corrected chi connectivity index (χ4v) is 2.92. The lowest BCUT2D eigenvalue weighted by molar-refractivity contribution is 0.196. The molecule has 104 valence electrons. The lowest BCUT2D eigenvalue weighted by Gasteiger charge is -2.29. The van der Waals surface area contributed by atoms with Crippen molar-refractivity contribution in [2.45, 2.75) is 37.7 Å². The number of nitrogens with zero attached hydrogens (tertiary/aromatic N) is 1. The minimum Gasteiger partial charge on any atom is -0.392 e. The lowest BCUT2D eigenvalue weighted by Crippen LogP contribution is -2.44. The first-order chi connectivity index (χ1) is 9.05. The van der Waals surface area contributed by atoms with Crippen LogP contribution in [0, 0.1) is 11.3 Å². The molecule has 0 aromatic heterocycles. The minimum atomic E-state index is -0.691. The van der Waals surface area contributed by atoms with Gasteiger partial charge in [-0.15, -0.1) is 0 Å². The van der Waals surface area contributed by atoms with Crippen LogP contribution in [0.15, 0.2) is 30.3 Å². The van der Waals surface area contributed by atoms with Gasteiger partial charge in [0, 0.05) is 11.0 Å². The first kappa shape index (κ1) is 16.0. The zero-order valence-electron chi connectivity index (χ0n) is 11.8. The van der Waals surface area contributed by atoms with Crippen molar-refractivity contribution < 1.29 is 5.11 Å². The van der Waals surface area contributed by atoms with E-state index in [4.69, 9.17) is 0 Å². The van der Waals surface area contributed by atoms with Gasteiger partial charge in [-0.3, -0.25) is 5.32 Å². The van der Waals surface area contributed by atoms with Crippen LogP contribution in [0.2, 0.25) is 0 Å². The summed E-state index contributed by atoms with van der Waals surface area (Å²) in [6.45, 7) is 6.49.